The van der Waals surface area contributed by atoms with Gasteiger partial charge in [0, 0.05) is 37.8 Å². The van der Waals surface area contributed by atoms with E-state index in [1.165, 1.54) is 4.88 Å². The summed E-state index contributed by atoms with van der Waals surface area (Å²) in [6.07, 6.45) is 2.09. The third-order valence-corrected chi connectivity index (χ3v) is 3.56. The van der Waals surface area contributed by atoms with Crippen LogP contribution in [0.25, 0.3) is 0 Å². The van der Waals surface area contributed by atoms with Crippen LogP contribution in [0.15, 0.2) is 17.5 Å². The zero-order valence-electron chi connectivity index (χ0n) is 10.8. The molecule has 1 aromatic rings. The fourth-order valence-electron chi connectivity index (χ4n) is 1.65. The Kier molecular flexibility index (Phi) is 8.26. The summed E-state index contributed by atoms with van der Waals surface area (Å²) in [7, 11) is 1.72. The molecule has 1 atom stereocenters. The maximum atomic E-state index is 5.51. The summed E-state index contributed by atoms with van der Waals surface area (Å²) in [5.41, 5.74) is 0. The van der Waals surface area contributed by atoms with Gasteiger partial charge >= 0.3 is 0 Å². The van der Waals surface area contributed by atoms with Crippen LogP contribution < -0.4 is 5.32 Å². The van der Waals surface area contributed by atoms with E-state index in [-0.39, 0.29) is 0 Å². The van der Waals surface area contributed by atoms with Gasteiger partial charge in [-0.3, -0.25) is 0 Å². The Morgan fingerprint density at radius 2 is 2.24 bits per heavy atom. The summed E-state index contributed by atoms with van der Waals surface area (Å²) in [6.45, 7) is 5.44. The predicted molar refractivity (Wildman–Crippen MR) is 72.7 cm³/mol. The van der Waals surface area contributed by atoms with E-state index >= 15 is 0 Å². The number of hydrogen-bond acceptors (Lipinski definition) is 4. The standard InChI is InChI=1S/C13H23NO2S/c1-3-12(13-6-4-11-17-13)14-7-10-16-9-5-8-15-2/h4,6,11-12,14H,3,5,7-10H2,1-2H3. The Balaban J connectivity index is 2.04. The van der Waals surface area contributed by atoms with Crippen molar-refractivity contribution in [3.05, 3.63) is 22.4 Å². The van der Waals surface area contributed by atoms with Crippen LogP contribution >= 0.6 is 11.3 Å². The summed E-state index contributed by atoms with van der Waals surface area (Å²) in [6, 6.07) is 4.76. The minimum Gasteiger partial charge on any atom is -0.385 e. The molecule has 1 heterocycles. The molecule has 1 aromatic heterocycles. The van der Waals surface area contributed by atoms with E-state index in [1.807, 2.05) is 11.3 Å². The highest BCUT2D eigenvalue weighted by Crippen LogP contribution is 2.21. The zero-order chi connectivity index (χ0) is 12.3. The van der Waals surface area contributed by atoms with Gasteiger partial charge in [0.25, 0.3) is 0 Å². The zero-order valence-corrected chi connectivity index (χ0v) is 11.6. The van der Waals surface area contributed by atoms with Gasteiger partial charge in [0.15, 0.2) is 0 Å². The van der Waals surface area contributed by atoms with Crippen molar-refractivity contribution in [2.24, 2.45) is 0 Å². The average Bonchev–Trinajstić information content (AvgIpc) is 2.86. The average molecular weight is 257 g/mol. The largest absolute Gasteiger partial charge is 0.385 e. The van der Waals surface area contributed by atoms with E-state index in [2.05, 4.69) is 29.8 Å². The molecule has 0 aliphatic carbocycles. The van der Waals surface area contributed by atoms with Gasteiger partial charge < -0.3 is 14.8 Å². The van der Waals surface area contributed by atoms with Gasteiger partial charge in [0.2, 0.25) is 0 Å². The summed E-state index contributed by atoms with van der Waals surface area (Å²) >= 11 is 1.81. The topological polar surface area (TPSA) is 30.5 Å². The van der Waals surface area contributed by atoms with E-state index in [0.29, 0.717) is 6.04 Å². The quantitative estimate of drug-likeness (QED) is 0.654. The third kappa shape index (κ3) is 6.17. The fraction of sp³-hybridized carbons (Fsp3) is 0.692. The molecule has 0 aromatic carbocycles. The number of methoxy groups -OCH3 is 1. The van der Waals surface area contributed by atoms with Gasteiger partial charge in [-0.2, -0.15) is 0 Å². The van der Waals surface area contributed by atoms with Gasteiger partial charge in [-0.15, -0.1) is 11.3 Å². The van der Waals surface area contributed by atoms with E-state index in [0.717, 1.165) is 39.2 Å². The molecular formula is C13H23NO2S. The summed E-state index contributed by atoms with van der Waals surface area (Å²) in [5, 5.41) is 5.64. The molecule has 1 N–H and O–H groups in total. The Bertz CT molecular complexity index is 264. The third-order valence-electron chi connectivity index (χ3n) is 2.57. The van der Waals surface area contributed by atoms with Gasteiger partial charge in [-0.25, -0.2) is 0 Å². The van der Waals surface area contributed by atoms with Gasteiger partial charge in [-0.1, -0.05) is 13.0 Å². The highest BCUT2D eigenvalue weighted by atomic mass is 32.1. The lowest BCUT2D eigenvalue weighted by Gasteiger charge is -2.15. The molecule has 0 spiro atoms. The smallest absolute Gasteiger partial charge is 0.0591 e. The number of thiophene rings is 1. The van der Waals surface area contributed by atoms with Crippen LogP contribution in [0.4, 0.5) is 0 Å². The van der Waals surface area contributed by atoms with Crippen LogP contribution in [0, 0.1) is 0 Å². The van der Waals surface area contributed by atoms with Crippen LogP contribution in [0.5, 0.6) is 0 Å². The molecule has 1 unspecified atom stereocenters. The van der Waals surface area contributed by atoms with Crippen LogP contribution in [-0.4, -0.2) is 33.5 Å². The van der Waals surface area contributed by atoms with Crippen LogP contribution in [0.2, 0.25) is 0 Å². The predicted octanol–water partition coefficient (Wildman–Crippen LogP) is 2.84. The molecule has 4 heteroatoms. The Hall–Kier alpha value is -0.420. The summed E-state index contributed by atoms with van der Waals surface area (Å²) in [4.78, 5) is 1.41. The summed E-state index contributed by atoms with van der Waals surface area (Å²) < 4.78 is 10.5. The van der Waals surface area contributed by atoms with Crippen molar-refractivity contribution in [1.82, 2.24) is 5.32 Å². The first-order valence-electron chi connectivity index (χ1n) is 6.22. The SMILES string of the molecule is CCC(NCCOCCCOC)c1cccs1. The second kappa shape index (κ2) is 9.59. The van der Waals surface area contributed by atoms with Crippen LogP contribution in [-0.2, 0) is 9.47 Å². The molecule has 17 heavy (non-hydrogen) atoms. The summed E-state index contributed by atoms with van der Waals surface area (Å²) in [5.74, 6) is 0. The normalized spacial score (nSPS) is 12.8. The van der Waals surface area contributed by atoms with Crippen molar-refractivity contribution in [2.75, 3.05) is 33.5 Å². The first kappa shape index (κ1) is 14.6. The molecule has 98 valence electrons. The molecule has 0 aliphatic rings. The van der Waals surface area contributed by atoms with Crippen molar-refractivity contribution < 1.29 is 9.47 Å². The van der Waals surface area contributed by atoms with Gasteiger partial charge in [0.05, 0.1) is 6.61 Å². The second-order valence-corrected chi connectivity index (χ2v) is 4.87. The molecule has 0 radical (unpaired) electrons. The monoisotopic (exact) mass is 257 g/mol. The van der Waals surface area contributed by atoms with E-state index in [4.69, 9.17) is 9.47 Å². The molecule has 0 fully saturated rings. The van der Waals surface area contributed by atoms with E-state index < -0.39 is 0 Å². The first-order chi connectivity index (χ1) is 8.38. The van der Waals surface area contributed by atoms with Crippen LogP contribution in [0.3, 0.4) is 0 Å². The Morgan fingerprint density at radius 3 is 2.88 bits per heavy atom. The van der Waals surface area contributed by atoms with Crippen molar-refractivity contribution >= 4 is 11.3 Å². The highest BCUT2D eigenvalue weighted by molar-refractivity contribution is 7.10. The van der Waals surface area contributed by atoms with Crippen molar-refractivity contribution in [3.8, 4) is 0 Å². The lowest BCUT2D eigenvalue weighted by Crippen LogP contribution is -2.24. The van der Waals surface area contributed by atoms with Crippen molar-refractivity contribution in [2.45, 2.75) is 25.8 Å². The number of nitrogens with one attached hydrogen (secondary N) is 1. The maximum absolute atomic E-state index is 5.51. The molecule has 0 bridgehead atoms. The fourth-order valence-corrected chi connectivity index (χ4v) is 2.53. The highest BCUT2D eigenvalue weighted by Gasteiger charge is 2.08. The first-order valence-corrected chi connectivity index (χ1v) is 7.10. The van der Waals surface area contributed by atoms with Crippen LogP contribution in [0.1, 0.15) is 30.7 Å². The minimum absolute atomic E-state index is 0.470. The van der Waals surface area contributed by atoms with Gasteiger partial charge in [0.1, 0.15) is 0 Å². The molecule has 0 saturated carbocycles. The second-order valence-electron chi connectivity index (χ2n) is 3.89. The van der Waals surface area contributed by atoms with Crippen molar-refractivity contribution in [3.63, 3.8) is 0 Å². The Morgan fingerprint density at radius 1 is 1.35 bits per heavy atom. The molecule has 1 rings (SSSR count). The molecule has 0 saturated heterocycles. The molecular weight excluding hydrogens is 234 g/mol. The van der Waals surface area contributed by atoms with E-state index in [1.54, 1.807) is 7.11 Å². The van der Waals surface area contributed by atoms with E-state index in [9.17, 15) is 0 Å². The Labute approximate surface area is 108 Å². The number of hydrogen-bond donors (Lipinski definition) is 1. The van der Waals surface area contributed by atoms with Crippen molar-refractivity contribution in [1.29, 1.82) is 0 Å². The van der Waals surface area contributed by atoms with Gasteiger partial charge in [-0.05, 0) is 24.3 Å². The molecule has 3 nitrogen and oxygen atoms in total. The molecule has 0 amide bonds. The maximum Gasteiger partial charge on any atom is 0.0591 e. The number of rotatable bonds is 10. The number of ether oxygens (including phenoxy) is 2. The lowest BCUT2D eigenvalue weighted by molar-refractivity contribution is 0.103. The molecule has 0 aliphatic heterocycles. The minimum atomic E-state index is 0.470. The lowest BCUT2D eigenvalue weighted by atomic mass is 10.2.